The number of hydrogen-bond acceptors (Lipinski definition) is 5. The number of rotatable bonds is 7. The average Bonchev–Trinajstić information content (AvgIpc) is 3.35. The molecular weight excluding hydrogens is 504 g/mol. The van der Waals surface area contributed by atoms with Gasteiger partial charge in [-0.25, -0.2) is 0 Å². The molecule has 0 saturated heterocycles. The second-order valence-electron chi connectivity index (χ2n) is 12.4. The minimum absolute atomic E-state index is 0.145. The molecule has 2 amide bonds. The number of carbonyl (C=O) groups is 2. The molecule has 2 N–H and O–H groups in total. The van der Waals surface area contributed by atoms with Gasteiger partial charge in [0.2, 0.25) is 12.7 Å². The normalized spacial score (nSPS) is 13.6. The number of aromatic hydroxyl groups is 1. The molecule has 7 nitrogen and oxygen atoms in total. The van der Waals surface area contributed by atoms with Crippen molar-refractivity contribution in [3.63, 3.8) is 0 Å². The summed E-state index contributed by atoms with van der Waals surface area (Å²) in [7, 11) is 1.66. The maximum absolute atomic E-state index is 13.6. The van der Waals surface area contributed by atoms with Crippen LogP contribution in [0.1, 0.15) is 76.3 Å². The number of likely N-dealkylation sites (N-methyl/N-ethyl adjacent to an activating group) is 1. The van der Waals surface area contributed by atoms with Crippen molar-refractivity contribution in [1.82, 2.24) is 4.90 Å². The molecule has 7 heteroatoms. The second kappa shape index (κ2) is 11.2. The van der Waals surface area contributed by atoms with Gasteiger partial charge in [-0.3, -0.25) is 9.59 Å². The molecule has 3 aromatic rings. The third-order valence-electron chi connectivity index (χ3n) is 7.20. The quantitative estimate of drug-likeness (QED) is 0.355. The summed E-state index contributed by atoms with van der Waals surface area (Å²) < 4.78 is 10.8. The summed E-state index contributed by atoms with van der Waals surface area (Å²) >= 11 is 0. The Hall–Kier alpha value is -4.00. The zero-order valence-electron chi connectivity index (χ0n) is 24.5. The molecule has 1 unspecified atom stereocenters. The van der Waals surface area contributed by atoms with Gasteiger partial charge < -0.3 is 24.8 Å². The van der Waals surface area contributed by atoms with E-state index in [1.165, 1.54) is 4.90 Å². The van der Waals surface area contributed by atoms with Crippen LogP contribution < -0.4 is 14.8 Å². The van der Waals surface area contributed by atoms with Crippen LogP contribution in [0.15, 0.2) is 60.7 Å². The number of ether oxygens (including phenoxy) is 2. The molecule has 1 atom stereocenters. The number of anilines is 1. The third-order valence-corrected chi connectivity index (χ3v) is 7.20. The number of carbonyl (C=O) groups excluding carboxylic acids is 2. The van der Waals surface area contributed by atoms with Crippen molar-refractivity contribution in [2.45, 2.75) is 71.3 Å². The fourth-order valence-electron chi connectivity index (χ4n) is 4.92. The number of hydrogen-bond donors (Lipinski definition) is 2. The lowest BCUT2D eigenvalue weighted by Gasteiger charge is -2.29. The highest BCUT2D eigenvalue weighted by atomic mass is 16.7. The van der Waals surface area contributed by atoms with Crippen LogP contribution in [0.5, 0.6) is 17.2 Å². The van der Waals surface area contributed by atoms with Gasteiger partial charge in [-0.2, -0.15) is 0 Å². The molecule has 0 aromatic heterocycles. The molecule has 0 bridgehead atoms. The van der Waals surface area contributed by atoms with Gasteiger partial charge in [0, 0.05) is 25.2 Å². The molecule has 0 fully saturated rings. The number of fused-ring (bicyclic) bond motifs is 1. The number of benzene rings is 3. The summed E-state index contributed by atoms with van der Waals surface area (Å²) in [6.45, 7) is 12.6. The smallest absolute Gasteiger partial charge is 0.251 e. The third kappa shape index (κ3) is 6.41. The van der Waals surface area contributed by atoms with Gasteiger partial charge in [0.05, 0.1) is 0 Å². The van der Waals surface area contributed by atoms with E-state index in [1.807, 2.05) is 42.5 Å². The number of phenolic OH excluding ortho intramolecular Hbond substituents is 1. The van der Waals surface area contributed by atoms with Crippen LogP contribution in [0, 0.1) is 0 Å². The minimum Gasteiger partial charge on any atom is -0.507 e. The highest BCUT2D eigenvalue weighted by Gasteiger charge is 2.30. The van der Waals surface area contributed by atoms with Crippen LogP contribution in [-0.4, -0.2) is 35.7 Å². The summed E-state index contributed by atoms with van der Waals surface area (Å²) in [5.41, 5.74) is 3.46. The molecule has 40 heavy (non-hydrogen) atoms. The van der Waals surface area contributed by atoms with E-state index in [2.05, 4.69) is 46.9 Å². The van der Waals surface area contributed by atoms with E-state index >= 15 is 0 Å². The van der Waals surface area contributed by atoms with Crippen LogP contribution in [-0.2, 0) is 26.8 Å². The first kappa shape index (κ1) is 29.0. The first-order chi connectivity index (χ1) is 18.8. The lowest BCUT2D eigenvalue weighted by atomic mass is 9.78. The Bertz CT molecular complexity index is 1350. The maximum atomic E-state index is 13.6. The molecule has 1 aliphatic heterocycles. The predicted molar refractivity (Wildman–Crippen MR) is 157 cm³/mol. The number of nitrogens with one attached hydrogen (secondary N) is 1. The van der Waals surface area contributed by atoms with Gasteiger partial charge in [-0.1, -0.05) is 84.0 Å². The van der Waals surface area contributed by atoms with Gasteiger partial charge >= 0.3 is 0 Å². The number of amides is 2. The lowest BCUT2D eigenvalue weighted by molar-refractivity contribution is -0.137. The highest BCUT2D eigenvalue weighted by Crippen LogP contribution is 2.40. The Morgan fingerprint density at radius 2 is 1.50 bits per heavy atom. The molecule has 0 saturated carbocycles. The van der Waals surface area contributed by atoms with Crippen LogP contribution in [0.4, 0.5) is 5.69 Å². The van der Waals surface area contributed by atoms with Crippen LogP contribution in [0.3, 0.4) is 0 Å². The van der Waals surface area contributed by atoms with E-state index in [0.29, 0.717) is 34.9 Å². The SMILES string of the molecule is CN(C(=O)CCc1cc(C(C)(C)C)c(O)c(C(C)(C)C)c1)C(C(=O)Nc1ccc2c(c1)OCO2)c1ccccc1. The van der Waals surface area contributed by atoms with Crippen LogP contribution in [0.25, 0.3) is 0 Å². The van der Waals surface area contributed by atoms with Gasteiger partial charge in [-0.15, -0.1) is 0 Å². The number of nitrogens with zero attached hydrogens (tertiary/aromatic N) is 1. The Kier molecular flexibility index (Phi) is 8.15. The monoisotopic (exact) mass is 544 g/mol. The largest absolute Gasteiger partial charge is 0.507 e. The standard InChI is InChI=1S/C33H40N2O5/c1-32(2,3)24-17-21(18-25(30(24)37)33(4,5)6)13-16-28(36)35(7)29(22-11-9-8-10-12-22)31(38)34-23-14-15-26-27(19-23)40-20-39-26/h8-12,14-15,17-19,29,37H,13,16,20H2,1-7H3,(H,34,38). The van der Waals surface area contributed by atoms with Crippen molar-refractivity contribution in [2.75, 3.05) is 19.2 Å². The maximum Gasteiger partial charge on any atom is 0.251 e. The number of phenols is 1. The van der Waals surface area contributed by atoms with Crippen molar-refractivity contribution >= 4 is 17.5 Å². The molecule has 1 heterocycles. The van der Waals surface area contributed by atoms with Crippen molar-refractivity contribution in [1.29, 1.82) is 0 Å². The Morgan fingerprint density at radius 1 is 0.900 bits per heavy atom. The van der Waals surface area contributed by atoms with E-state index in [4.69, 9.17) is 9.47 Å². The molecule has 1 aliphatic rings. The van der Waals surface area contributed by atoms with Crippen molar-refractivity contribution in [2.24, 2.45) is 0 Å². The van der Waals surface area contributed by atoms with Gasteiger partial charge in [0.15, 0.2) is 11.5 Å². The van der Waals surface area contributed by atoms with Crippen molar-refractivity contribution in [3.8, 4) is 17.2 Å². The Balaban J connectivity index is 1.56. The first-order valence-corrected chi connectivity index (χ1v) is 13.6. The summed E-state index contributed by atoms with van der Waals surface area (Å²) in [5.74, 6) is 1.03. The minimum atomic E-state index is -0.825. The Labute approximate surface area is 237 Å². The van der Waals surface area contributed by atoms with E-state index in [1.54, 1.807) is 25.2 Å². The van der Waals surface area contributed by atoms with Gasteiger partial charge in [-0.05, 0) is 51.6 Å². The molecule has 0 radical (unpaired) electrons. The summed E-state index contributed by atoms with van der Waals surface area (Å²) in [6.07, 6.45) is 0.704. The van der Waals surface area contributed by atoms with Gasteiger partial charge in [0.1, 0.15) is 11.8 Å². The van der Waals surface area contributed by atoms with E-state index in [9.17, 15) is 14.7 Å². The van der Waals surface area contributed by atoms with Crippen LogP contribution in [0.2, 0.25) is 0 Å². The second-order valence-corrected chi connectivity index (χ2v) is 12.4. The number of aryl methyl sites for hydroxylation is 1. The van der Waals surface area contributed by atoms with Crippen molar-refractivity contribution in [3.05, 3.63) is 82.9 Å². The zero-order chi connectivity index (χ0) is 29.2. The highest BCUT2D eigenvalue weighted by molar-refractivity contribution is 5.98. The van der Waals surface area contributed by atoms with Crippen molar-refractivity contribution < 1.29 is 24.2 Å². The fourth-order valence-corrected chi connectivity index (χ4v) is 4.92. The zero-order valence-corrected chi connectivity index (χ0v) is 24.5. The summed E-state index contributed by atoms with van der Waals surface area (Å²) in [6, 6.07) is 17.7. The average molecular weight is 545 g/mol. The molecule has 3 aromatic carbocycles. The molecular formula is C33H40N2O5. The van der Waals surface area contributed by atoms with E-state index in [0.717, 1.165) is 16.7 Å². The molecule has 0 aliphatic carbocycles. The van der Waals surface area contributed by atoms with Gasteiger partial charge in [0.25, 0.3) is 5.91 Å². The topological polar surface area (TPSA) is 88.1 Å². The molecule has 0 spiro atoms. The lowest BCUT2D eigenvalue weighted by Crippen LogP contribution is -2.38. The summed E-state index contributed by atoms with van der Waals surface area (Å²) in [4.78, 5) is 28.6. The van der Waals surface area contributed by atoms with Crippen LogP contribution >= 0.6 is 0 Å². The Morgan fingerprint density at radius 3 is 2.10 bits per heavy atom. The van der Waals surface area contributed by atoms with E-state index < -0.39 is 6.04 Å². The van der Waals surface area contributed by atoms with E-state index in [-0.39, 0.29) is 35.9 Å². The predicted octanol–water partition coefficient (Wildman–Crippen LogP) is 6.49. The molecule has 212 valence electrons. The molecule has 4 rings (SSSR count). The first-order valence-electron chi connectivity index (χ1n) is 13.6. The summed E-state index contributed by atoms with van der Waals surface area (Å²) in [5, 5.41) is 14.0. The fraction of sp³-hybridized carbons (Fsp3) is 0.394.